The van der Waals surface area contributed by atoms with Gasteiger partial charge in [0.25, 0.3) is 0 Å². The third kappa shape index (κ3) is 3.47. The van der Waals surface area contributed by atoms with Gasteiger partial charge in [0.05, 0.1) is 0 Å². The Morgan fingerprint density at radius 1 is 1.11 bits per heavy atom. The molecule has 0 saturated carbocycles. The van der Waals surface area contributed by atoms with Crippen molar-refractivity contribution >= 4 is 5.91 Å². The van der Waals surface area contributed by atoms with E-state index in [1.165, 1.54) is 25.7 Å². The lowest BCUT2D eigenvalue weighted by atomic mass is 9.71. The number of carbonyl (C=O) groups is 1. The van der Waals surface area contributed by atoms with Crippen LogP contribution in [0, 0.1) is 10.8 Å². The van der Waals surface area contributed by atoms with Gasteiger partial charge in [0.1, 0.15) is 0 Å². The summed E-state index contributed by atoms with van der Waals surface area (Å²) in [6.07, 6.45) is 5.71. The van der Waals surface area contributed by atoms with E-state index in [4.69, 9.17) is 0 Å². The second-order valence-electron chi connectivity index (χ2n) is 7.37. The summed E-state index contributed by atoms with van der Waals surface area (Å²) < 4.78 is 0. The fourth-order valence-corrected chi connectivity index (χ4v) is 3.25. The summed E-state index contributed by atoms with van der Waals surface area (Å²) in [6, 6.07) is 0. The Balaban J connectivity index is 1.84. The Bertz CT molecular complexity index is 290. The van der Waals surface area contributed by atoms with E-state index >= 15 is 0 Å². The predicted octanol–water partition coefficient (Wildman–Crippen LogP) is 2.41. The molecule has 0 aromatic rings. The molecule has 3 heteroatoms. The summed E-state index contributed by atoms with van der Waals surface area (Å²) in [7, 11) is 0. The molecule has 1 spiro atoms. The molecule has 0 radical (unpaired) electrons. The zero-order valence-electron chi connectivity index (χ0n) is 12.2. The summed E-state index contributed by atoms with van der Waals surface area (Å²) in [5.74, 6) is 0.353. The SMILES string of the molecule is CC(C)(C)CC(=O)N1CCC2(CCNCC2)CC1. The van der Waals surface area contributed by atoms with Gasteiger partial charge in [-0.15, -0.1) is 0 Å². The highest BCUT2D eigenvalue weighted by atomic mass is 16.2. The molecule has 0 bridgehead atoms. The number of piperidine rings is 2. The maximum atomic E-state index is 12.2. The fraction of sp³-hybridized carbons (Fsp3) is 0.933. The van der Waals surface area contributed by atoms with Gasteiger partial charge < -0.3 is 10.2 Å². The van der Waals surface area contributed by atoms with Crippen LogP contribution in [-0.2, 0) is 4.79 Å². The highest BCUT2D eigenvalue weighted by Gasteiger charge is 2.36. The average molecular weight is 252 g/mol. The predicted molar refractivity (Wildman–Crippen MR) is 74.4 cm³/mol. The third-order valence-electron chi connectivity index (χ3n) is 4.52. The molecule has 2 aliphatic rings. The Labute approximate surface area is 111 Å². The molecule has 18 heavy (non-hydrogen) atoms. The van der Waals surface area contributed by atoms with Crippen LogP contribution in [-0.4, -0.2) is 37.0 Å². The number of hydrogen-bond acceptors (Lipinski definition) is 2. The second-order valence-corrected chi connectivity index (χ2v) is 7.37. The number of nitrogens with one attached hydrogen (secondary N) is 1. The first-order valence-corrected chi connectivity index (χ1v) is 7.39. The fourth-order valence-electron chi connectivity index (χ4n) is 3.25. The van der Waals surface area contributed by atoms with Crippen molar-refractivity contribution in [3.05, 3.63) is 0 Å². The maximum absolute atomic E-state index is 12.2. The zero-order valence-corrected chi connectivity index (χ0v) is 12.2. The van der Waals surface area contributed by atoms with Gasteiger partial charge in [-0.3, -0.25) is 4.79 Å². The van der Waals surface area contributed by atoms with Gasteiger partial charge in [0.2, 0.25) is 5.91 Å². The third-order valence-corrected chi connectivity index (χ3v) is 4.52. The first kappa shape index (κ1) is 13.9. The van der Waals surface area contributed by atoms with E-state index in [2.05, 4.69) is 31.0 Å². The maximum Gasteiger partial charge on any atom is 0.223 e. The summed E-state index contributed by atoms with van der Waals surface area (Å²) in [5.41, 5.74) is 0.657. The van der Waals surface area contributed by atoms with Gasteiger partial charge in [-0.2, -0.15) is 0 Å². The molecule has 0 atom stereocenters. The lowest BCUT2D eigenvalue weighted by Gasteiger charge is -2.44. The molecule has 2 aliphatic heterocycles. The van der Waals surface area contributed by atoms with Crippen LogP contribution in [0.4, 0.5) is 0 Å². The van der Waals surface area contributed by atoms with Crippen LogP contribution < -0.4 is 5.32 Å². The molecule has 3 nitrogen and oxygen atoms in total. The molecular weight excluding hydrogens is 224 g/mol. The Kier molecular flexibility index (Phi) is 4.00. The molecule has 1 N–H and O–H groups in total. The monoisotopic (exact) mass is 252 g/mol. The van der Waals surface area contributed by atoms with Crippen molar-refractivity contribution in [3.8, 4) is 0 Å². The van der Waals surface area contributed by atoms with E-state index in [9.17, 15) is 4.79 Å². The molecule has 0 aromatic carbocycles. The Hall–Kier alpha value is -0.570. The number of likely N-dealkylation sites (tertiary alicyclic amines) is 1. The summed E-state index contributed by atoms with van der Waals surface area (Å²) in [5, 5.41) is 3.44. The van der Waals surface area contributed by atoms with Crippen molar-refractivity contribution in [1.82, 2.24) is 10.2 Å². The number of nitrogens with zero attached hydrogens (tertiary/aromatic N) is 1. The van der Waals surface area contributed by atoms with E-state index in [-0.39, 0.29) is 5.41 Å². The topological polar surface area (TPSA) is 32.3 Å². The van der Waals surface area contributed by atoms with Gasteiger partial charge in [-0.05, 0) is 49.6 Å². The molecule has 2 rings (SSSR count). The standard InChI is InChI=1S/C15H28N2O/c1-14(2,3)12-13(18)17-10-6-15(7-11-17)4-8-16-9-5-15/h16H,4-12H2,1-3H3. The van der Waals surface area contributed by atoms with Gasteiger partial charge in [0, 0.05) is 19.5 Å². The molecule has 0 unspecified atom stereocenters. The van der Waals surface area contributed by atoms with Crippen molar-refractivity contribution in [2.45, 2.75) is 52.9 Å². The van der Waals surface area contributed by atoms with Crippen LogP contribution in [0.25, 0.3) is 0 Å². The molecule has 2 saturated heterocycles. The minimum absolute atomic E-state index is 0.112. The number of carbonyl (C=O) groups excluding carboxylic acids is 1. The van der Waals surface area contributed by atoms with Crippen molar-refractivity contribution in [2.75, 3.05) is 26.2 Å². The lowest BCUT2D eigenvalue weighted by Crippen LogP contribution is -2.47. The Morgan fingerprint density at radius 2 is 1.67 bits per heavy atom. The van der Waals surface area contributed by atoms with E-state index < -0.39 is 0 Å². The van der Waals surface area contributed by atoms with Gasteiger partial charge in [-0.25, -0.2) is 0 Å². The van der Waals surface area contributed by atoms with Crippen LogP contribution in [0.5, 0.6) is 0 Å². The van der Waals surface area contributed by atoms with Crippen LogP contribution >= 0.6 is 0 Å². The van der Waals surface area contributed by atoms with Gasteiger partial charge in [-0.1, -0.05) is 20.8 Å². The van der Waals surface area contributed by atoms with Crippen LogP contribution in [0.2, 0.25) is 0 Å². The molecule has 2 fully saturated rings. The summed E-state index contributed by atoms with van der Waals surface area (Å²) in [6.45, 7) is 10.7. The highest BCUT2D eigenvalue weighted by molar-refractivity contribution is 5.76. The molecule has 1 amide bonds. The first-order chi connectivity index (χ1) is 8.40. The quantitative estimate of drug-likeness (QED) is 0.777. The van der Waals surface area contributed by atoms with Crippen molar-refractivity contribution in [2.24, 2.45) is 10.8 Å². The summed E-state index contributed by atoms with van der Waals surface area (Å²) in [4.78, 5) is 14.3. The van der Waals surface area contributed by atoms with Crippen molar-refractivity contribution < 1.29 is 4.79 Å². The number of rotatable bonds is 1. The van der Waals surface area contributed by atoms with E-state index in [0.29, 0.717) is 17.7 Å². The molecule has 104 valence electrons. The Morgan fingerprint density at radius 3 is 2.17 bits per heavy atom. The van der Waals surface area contributed by atoms with E-state index in [1.807, 2.05) is 0 Å². The summed E-state index contributed by atoms with van der Waals surface area (Å²) >= 11 is 0. The van der Waals surface area contributed by atoms with E-state index in [1.54, 1.807) is 0 Å². The first-order valence-electron chi connectivity index (χ1n) is 7.39. The van der Waals surface area contributed by atoms with Crippen LogP contribution in [0.1, 0.15) is 52.9 Å². The minimum atomic E-state index is 0.112. The van der Waals surface area contributed by atoms with Crippen molar-refractivity contribution in [3.63, 3.8) is 0 Å². The van der Waals surface area contributed by atoms with Gasteiger partial charge >= 0.3 is 0 Å². The van der Waals surface area contributed by atoms with E-state index in [0.717, 1.165) is 26.2 Å². The normalized spacial score (nSPS) is 24.3. The molecular formula is C15H28N2O. The minimum Gasteiger partial charge on any atom is -0.343 e. The average Bonchev–Trinajstić information content (AvgIpc) is 2.28. The number of hydrogen-bond donors (Lipinski definition) is 1. The van der Waals surface area contributed by atoms with Gasteiger partial charge in [0.15, 0.2) is 0 Å². The largest absolute Gasteiger partial charge is 0.343 e. The zero-order chi connectivity index (χ0) is 13.2. The molecule has 0 aliphatic carbocycles. The lowest BCUT2D eigenvalue weighted by molar-refractivity contribution is -0.135. The highest BCUT2D eigenvalue weighted by Crippen LogP contribution is 2.39. The number of amides is 1. The molecule has 2 heterocycles. The van der Waals surface area contributed by atoms with Crippen molar-refractivity contribution in [1.29, 1.82) is 0 Å². The molecule has 0 aromatic heterocycles. The second kappa shape index (κ2) is 5.20. The van der Waals surface area contributed by atoms with Crippen LogP contribution in [0.3, 0.4) is 0 Å². The smallest absolute Gasteiger partial charge is 0.223 e. The van der Waals surface area contributed by atoms with Crippen LogP contribution in [0.15, 0.2) is 0 Å².